The Morgan fingerprint density at radius 3 is 1.51 bits per heavy atom. The molecule has 4 fully saturated rings. The summed E-state index contributed by atoms with van der Waals surface area (Å²) in [5, 5.41) is 0. The maximum absolute atomic E-state index is 5.67. The Morgan fingerprint density at radius 2 is 1.02 bits per heavy atom. The predicted octanol–water partition coefficient (Wildman–Crippen LogP) is 13.0. The van der Waals surface area contributed by atoms with Crippen molar-refractivity contribution in [3.8, 4) is 0 Å². The van der Waals surface area contributed by atoms with E-state index in [-0.39, 0.29) is 7.92 Å². The molecule has 1 aliphatic heterocycles. The number of para-hydroxylation sites is 2. The molecular weight excluding hydrogens is 747 g/mol. The van der Waals surface area contributed by atoms with E-state index in [1.807, 2.05) is 34.9 Å². The molecule has 1 heterocycles. The van der Waals surface area contributed by atoms with E-state index in [1.165, 1.54) is 45.0 Å². The summed E-state index contributed by atoms with van der Waals surface area (Å²) < 4.78 is 1.92. The minimum atomic E-state index is -1.61. The molecular formula is C43H61Cl2N2PRu. The van der Waals surface area contributed by atoms with E-state index in [4.69, 9.17) is 19.4 Å². The van der Waals surface area contributed by atoms with Gasteiger partial charge in [0.1, 0.15) is 0 Å². The van der Waals surface area contributed by atoms with Gasteiger partial charge in [-0.3, -0.25) is 0 Å². The molecule has 4 aliphatic rings. The van der Waals surface area contributed by atoms with E-state index in [0.717, 1.165) is 18.7 Å². The number of aryl methyl sites for hydroxylation is 3. The first-order chi connectivity index (χ1) is 23.9. The quantitative estimate of drug-likeness (QED) is 0.139. The molecule has 2 nitrogen and oxygen atoms in total. The van der Waals surface area contributed by atoms with Gasteiger partial charge in [0.25, 0.3) is 0 Å². The Bertz CT molecular complexity index is 1360. The number of halogens is 2. The van der Waals surface area contributed by atoms with Crippen LogP contribution >= 0.6 is 27.3 Å². The second-order valence-electron chi connectivity index (χ2n) is 14.8. The van der Waals surface area contributed by atoms with Gasteiger partial charge < -0.3 is 9.80 Å². The summed E-state index contributed by atoms with van der Waals surface area (Å²) in [5.41, 5.74) is 11.5. The molecule has 270 valence electrons. The fourth-order valence-corrected chi connectivity index (χ4v) is 16.0. The van der Waals surface area contributed by atoms with Gasteiger partial charge >= 0.3 is 73.4 Å². The van der Waals surface area contributed by atoms with E-state index in [9.17, 15) is 0 Å². The first kappa shape index (κ1) is 39.0. The number of benzene rings is 3. The van der Waals surface area contributed by atoms with Gasteiger partial charge in [-0.1, -0.05) is 55.7 Å². The van der Waals surface area contributed by atoms with Gasteiger partial charge in [-0.15, -0.1) is 0 Å². The molecule has 0 amide bonds. The topological polar surface area (TPSA) is 6.48 Å². The fourth-order valence-electron chi connectivity index (χ4n) is 8.91. The SMILES string of the molecule is C1CCC([PH+](C2CCCCC2)C2CCCCC2)CC1.Cc1ccccc1N1[CH-]N(c2c(C)cccc2C)CC1.[Cl][Ru]([Cl])=[CH]c1ccccc1. The summed E-state index contributed by atoms with van der Waals surface area (Å²) in [7, 11) is 11.3. The average Bonchev–Trinajstić information content (AvgIpc) is 3.60. The summed E-state index contributed by atoms with van der Waals surface area (Å²) in [5.74, 6) is 0. The zero-order chi connectivity index (χ0) is 34.4. The Hall–Kier alpha value is -1.24. The molecule has 3 aromatic carbocycles. The maximum atomic E-state index is 5.67. The fraction of sp³-hybridized carbons (Fsp3) is 0.535. The third-order valence-electron chi connectivity index (χ3n) is 11.2. The van der Waals surface area contributed by atoms with Crippen molar-refractivity contribution in [2.45, 2.75) is 134 Å². The first-order valence-corrected chi connectivity index (χ1v) is 26.4. The molecule has 0 aromatic heterocycles. The molecule has 6 heteroatoms. The van der Waals surface area contributed by atoms with Gasteiger partial charge in [0, 0.05) is 32.4 Å². The van der Waals surface area contributed by atoms with Crippen molar-refractivity contribution in [3.05, 3.63) is 102 Å². The van der Waals surface area contributed by atoms with E-state index in [1.54, 1.807) is 96.3 Å². The Balaban J connectivity index is 0.000000151. The van der Waals surface area contributed by atoms with Crippen molar-refractivity contribution in [2.24, 2.45) is 0 Å². The van der Waals surface area contributed by atoms with Crippen LogP contribution in [0.15, 0.2) is 72.8 Å². The van der Waals surface area contributed by atoms with Crippen LogP contribution in [0.1, 0.15) is 119 Å². The van der Waals surface area contributed by atoms with Crippen LogP contribution in [-0.4, -0.2) is 34.7 Å². The van der Waals surface area contributed by atoms with Crippen molar-refractivity contribution >= 4 is 43.3 Å². The van der Waals surface area contributed by atoms with Gasteiger partial charge in [0.05, 0.1) is 17.0 Å². The number of rotatable bonds is 6. The Morgan fingerprint density at radius 1 is 0.571 bits per heavy atom. The Kier molecular flexibility index (Phi) is 16.5. The Labute approximate surface area is 313 Å². The van der Waals surface area contributed by atoms with Gasteiger partial charge in [-0.25, -0.2) is 0 Å². The van der Waals surface area contributed by atoms with Crippen molar-refractivity contribution in [2.75, 3.05) is 22.9 Å². The monoisotopic (exact) mass is 808 g/mol. The van der Waals surface area contributed by atoms with E-state index in [0.29, 0.717) is 0 Å². The summed E-state index contributed by atoms with van der Waals surface area (Å²) in [6, 6.07) is 25.0. The van der Waals surface area contributed by atoms with E-state index < -0.39 is 13.5 Å². The zero-order valence-corrected chi connectivity index (χ0v) is 34.6. The van der Waals surface area contributed by atoms with Crippen molar-refractivity contribution < 1.29 is 13.5 Å². The molecule has 3 saturated carbocycles. The molecule has 0 unspecified atom stereocenters. The molecule has 3 aliphatic carbocycles. The molecule has 7 rings (SSSR count). The third kappa shape index (κ3) is 11.9. The minimum absolute atomic E-state index is 0.0465. The van der Waals surface area contributed by atoms with Crippen molar-refractivity contribution in [3.63, 3.8) is 0 Å². The van der Waals surface area contributed by atoms with Crippen LogP contribution in [0, 0.1) is 27.4 Å². The molecule has 0 atom stereocenters. The van der Waals surface area contributed by atoms with Crippen molar-refractivity contribution in [1.29, 1.82) is 0 Å². The second-order valence-corrected chi connectivity index (χ2v) is 23.9. The van der Waals surface area contributed by atoms with Crippen LogP contribution in [0.5, 0.6) is 0 Å². The number of hydrogen-bond acceptors (Lipinski definition) is 2. The number of nitrogens with zero attached hydrogens (tertiary/aromatic N) is 2. The normalized spacial score (nSPS) is 19.5. The second kappa shape index (κ2) is 20.7. The molecule has 3 aromatic rings. The van der Waals surface area contributed by atoms with Gasteiger partial charge in [-0.05, 0) is 121 Å². The molecule has 0 bridgehead atoms. The van der Waals surface area contributed by atoms with Crippen LogP contribution in [0.25, 0.3) is 0 Å². The summed E-state index contributed by atoms with van der Waals surface area (Å²) in [6.07, 6.45) is 23.8. The molecule has 49 heavy (non-hydrogen) atoms. The van der Waals surface area contributed by atoms with Gasteiger partial charge in [0.15, 0.2) is 0 Å². The number of anilines is 2. The van der Waals surface area contributed by atoms with Crippen LogP contribution in [0.3, 0.4) is 0 Å². The van der Waals surface area contributed by atoms with Crippen molar-refractivity contribution in [1.82, 2.24) is 0 Å². The van der Waals surface area contributed by atoms with Crippen LogP contribution in [0.2, 0.25) is 0 Å². The van der Waals surface area contributed by atoms with Crippen LogP contribution in [0.4, 0.5) is 11.4 Å². The number of hydrogen-bond donors (Lipinski definition) is 0. The summed E-state index contributed by atoms with van der Waals surface area (Å²) >= 11 is -1.61. The molecule has 0 radical (unpaired) electrons. The summed E-state index contributed by atoms with van der Waals surface area (Å²) in [6.45, 7) is 10.9. The predicted molar refractivity (Wildman–Crippen MR) is 218 cm³/mol. The summed E-state index contributed by atoms with van der Waals surface area (Å²) in [4.78, 5) is 4.72. The molecule has 0 N–H and O–H groups in total. The first-order valence-electron chi connectivity index (χ1n) is 19.2. The standard InChI is InChI=1S/C18H21N2.C18H33P.C7H6.2ClH.Ru/c1-14-7-4-5-10-17(14)19-11-12-20(13-19)18-15(2)8-6-9-16(18)3;1-4-10-16(11-5-1)19(17-12-6-2-7-13-17)18-14-8-3-9-15-18;1-7-5-3-2-4-6-7;;;/h4-10,13H,11-12H2,1-3H3;16-18H,1-15H2;1-6H;2*1H;/q-1;;;;;+2/p-1. The average molecular weight is 809 g/mol. The van der Waals surface area contributed by atoms with E-state index >= 15 is 0 Å². The van der Waals surface area contributed by atoms with Crippen LogP contribution < -0.4 is 9.80 Å². The molecule has 0 spiro atoms. The van der Waals surface area contributed by atoms with Crippen LogP contribution in [-0.2, 0) is 13.5 Å². The molecule has 1 saturated heterocycles. The third-order valence-corrected chi connectivity index (χ3v) is 17.7. The zero-order valence-electron chi connectivity index (χ0n) is 30.3. The van der Waals surface area contributed by atoms with Gasteiger partial charge in [0.2, 0.25) is 0 Å². The van der Waals surface area contributed by atoms with E-state index in [2.05, 4.69) is 79.7 Å². The van der Waals surface area contributed by atoms with Gasteiger partial charge in [-0.2, -0.15) is 6.67 Å².